The van der Waals surface area contributed by atoms with Crippen LogP contribution in [0.4, 0.5) is 5.69 Å². The van der Waals surface area contributed by atoms with Crippen molar-refractivity contribution in [2.24, 2.45) is 0 Å². The number of hydrogen-bond acceptors (Lipinski definition) is 3. The molecule has 3 aromatic carbocycles. The van der Waals surface area contributed by atoms with Gasteiger partial charge in [0.15, 0.2) is 0 Å². The lowest BCUT2D eigenvalue weighted by molar-refractivity contribution is 0.0940. The lowest BCUT2D eigenvalue weighted by Crippen LogP contribution is -2.27. The number of carbonyl (C=O) groups excluding carboxylic acids is 2. The standard InChI is InChI=1S/C23H19N3O2/c1-16(17-8-3-2-4-9-17)25-22(27)18-11-7-12-19(14-18)23(28)26-21-13-6-5-10-20(21)15-24/h2-14,16H,1H3,(H,25,27)(H,26,28). The van der Waals surface area contributed by atoms with Gasteiger partial charge >= 0.3 is 0 Å². The van der Waals surface area contributed by atoms with Gasteiger partial charge in [0.05, 0.1) is 17.3 Å². The summed E-state index contributed by atoms with van der Waals surface area (Å²) in [6.45, 7) is 1.91. The fourth-order valence-electron chi connectivity index (χ4n) is 2.79. The van der Waals surface area contributed by atoms with E-state index in [2.05, 4.69) is 10.6 Å². The van der Waals surface area contributed by atoms with Gasteiger partial charge in [0.25, 0.3) is 11.8 Å². The molecule has 2 amide bonds. The Bertz CT molecular complexity index is 1040. The molecule has 0 saturated heterocycles. The normalized spacial score (nSPS) is 11.1. The molecule has 0 aliphatic rings. The zero-order valence-electron chi connectivity index (χ0n) is 15.3. The first-order valence-electron chi connectivity index (χ1n) is 8.85. The van der Waals surface area contributed by atoms with E-state index in [9.17, 15) is 9.59 Å². The zero-order chi connectivity index (χ0) is 19.9. The summed E-state index contributed by atoms with van der Waals surface area (Å²) in [4.78, 5) is 25.1. The van der Waals surface area contributed by atoms with Crippen LogP contribution in [0.15, 0.2) is 78.9 Å². The maximum absolute atomic E-state index is 12.6. The molecule has 0 aliphatic heterocycles. The lowest BCUT2D eigenvalue weighted by atomic mass is 10.1. The zero-order valence-corrected chi connectivity index (χ0v) is 15.3. The number of anilines is 1. The first-order chi connectivity index (χ1) is 13.6. The fraction of sp³-hybridized carbons (Fsp3) is 0.0870. The van der Waals surface area contributed by atoms with Gasteiger partial charge in [-0.25, -0.2) is 0 Å². The van der Waals surface area contributed by atoms with Gasteiger partial charge in [0.1, 0.15) is 6.07 Å². The largest absolute Gasteiger partial charge is 0.346 e. The number of amides is 2. The fourth-order valence-corrected chi connectivity index (χ4v) is 2.79. The van der Waals surface area contributed by atoms with E-state index < -0.39 is 0 Å². The molecule has 0 aromatic heterocycles. The second-order valence-corrected chi connectivity index (χ2v) is 6.30. The van der Waals surface area contributed by atoms with Crippen molar-refractivity contribution in [1.82, 2.24) is 5.32 Å². The Morgan fingerprint density at radius 1 is 0.857 bits per heavy atom. The molecule has 3 rings (SSSR count). The van der Waals surface area contributed by atoms with Crippen LogP contribution in [0.2, 0.25) is 0 Å². The number of carbonyl (C=O) groups is 2. The molecule has 5 heteroatoms. The molecule has 28 heavy (non-hydrogen) atoms. The number of hydrogen-bond donors (Lipinski definition) is 2. The Morgan fingerprint density at radius 2 is 1.50 bits per heavy atom. The van der Waals surface area contributed by atoms with E-state index in [-0.39, 0.29) is 17.9 Å². The average molecular weight is 369 g/mol. The van der Waals surface area contributed by atoms with E-state index >= 15 is 0 Å². The summed E-state index contributed by atoms with van der Waals surface area (Å²) in [5.74, 6) is -0.642. The highest BCUT2D eigenvalue weighted by atomic mass is 16.2. The summed E-state index contributed by atoms with van der Waals surface area (Å²) in [6.07, 6.45) is 0. The minimum absolute atomic E-state index is 0.159. The number of rotatable bonds is 5. The number of para-hydroxylation sites is 1. The molecular weight excluding hydrogens is 350 g/mol. The van der Waals surface area contributed by atoms with Crippen molar-refractivity contribution in [2.45, 2.75) is 13.0 Å². The summed E-state index contributed by atoms with van der Waals surface area (Å²) in [6, 6.07) is 24.8. The van der Waals surface area contributed by atoms with E-state index in [4.69, 9.17) is 5.26 Å². The summed E-state index contributed by atoms with van der Waals surface area (Å²) in [5.41, 5.74) is 2.54. The monoisotopic (exact) mass is 369 g/mol. The van der Waals surface area contributed by atoms with E-state index in [0.717, 1.165) is 5.56 Å². The quantitative estimate of drug-likeness (QED) is 0.703. The number of benzene rings is 3. The molecule has 0 heterocycles. The van der Waals surface area contributed by atoms with Gasteiger partial charge < -0.3 is 10.6 Å². The second-order valence-electron chi connectivity index (χ2n) is 6.30. The topological polar surface area (TPSA) is 82.0 Å². The predicted molar refractivity (Wildman–Crippen MR) is 108 cm³/mol. The Kier molecular flexibility index (Phi) is 5.83. The minimum atomic E-state index is -0.381. The van der Waals surface area contributed by atoms with Gasteiger partial charge in [-0.3, -0.25) is 9.59 Å². The van der Waals surface area contributed by atoms with Crippen LogP contribution < -0.4 is 10.6 Å². The maximum Gasteiger partial charge on any atom is 0.255 e. The molecule has 3 aromatic rings. The summed E-state index contributed by atoms with van der Waals surface area (Å²) in [7, 11) is 0. The van der Waals surface area contributed by atoms with Crippen molar-refractivity contribution in [1.29, 1.82) is 5.26 Å². The van der Waals surface area contributed by atoms with Gasteiger partial charge in [-0.05, 0) is 42.8 Å². The third kappa shape index (κ3) is 4.43. The molecular formula is C23H19N3O2. The van der Waals surface area contributed by atoms with Gasteiger partial charge in [-0.2, -0.15) is 5.26 Å². The first kappa shape index (κ1) is 18.9. The molecule has 5 nitrogen and oxygen atoms in total. The number of nitrogens with zero attached hydrogens (tertiary/aromatic N) is 1. The third-order valence-electron chi connectivity index (χ3n) is 4.33. The maximum atomic E-state index is 12.6. The molecule has 0 aliphatic carbocycles. The highest BCUT2D eigenvalue weighted by Gasteiger charge is 2.14. The SMILES string of the molecule is CC(NC(=O)c1cccc(C(=O)Nc2ccccc2C#N)c1)c1ccccc1. The van der Waals surface area contributed by atoms with Crippen LogP contribution in [0, 0.1) is 11.3 Å². The Labute approximate surface area is 163 Å². The number of nitriles is 1. The van der Waals surface area contributed by atoms with Crippen molar-refractivity contribution in [3.8, 4) is 6.07 Å². The molecule has 1 atom stereocenters. The minimum Gasteiger partial charge on any atom is -0.346 e. The van der Waals surface area contributed by atoms with Crippen molar-refractivity contribution in [2.75, 3.05) is 5.32 Å². The van der Waals surface area contributed by atoms with Crippen LogP contribution in [0.1, 0.15) is 44.8 Å². The van der Waals surface area contributed by atoms with Crippen molar-refractivity contribution < 1.29 is 9.59 Å². The molecule has 2 N–H and O–H groups in total. The second kappa shape index (κ2) is 8.65. The molecule has 0 fully saturated rings. The third-order valence-corrected chi connectivity index (χ3v) is 4.33. The summed E-state index contributed by atoms with van der Waals surface area (Å²) >= 11 is 0. The average Bonchev–Trinajstić information content (AvgIpc) is 2.74. The molecule has 0 radical (unpaired) electrons. The van der Waals surface area contributed by atoms with E-state index in [1.54, 1.807) is 42.5 Å². The van der Waals surface area contributed by atoms with Gasteiger partial charge in [-0.15, -0.1) is 0 Å². The Balaban J connectivity index is 1.73. The van der Waals surface area contributed by atoms with Crippen molar-refractivity contribution in [3.05, 3.63) is 101 Å². The van der Waals surface area contributed by atoms with Crippen LogP contribution >= 0.6 is 0 Å². The van der Waals surface area contributed by atoms with E-state index in [1.807, 2.05) is 43.3 Å². The summed E-state index contributed by atoms with van der Waals surface area (Å²) in [5, 5.41) is 14.8. The molecule has 138 valence electrons. The van der Waals surface area contributed by atoms with E-state index in [0.29, 0.717) is 22.4 Å². The highest BCUT2D eigenvalue weighted by molar-refractivity contribution is 6.06. The van der Waals surface area contributed by atoms with Crippen molar-refractivity contribution in [3.63, 3.8) is 0 Å². The predicted octanol–water partition coefficient (Wildman–Crippen LogP) is 4.30. The van der Waals surface area contributed by atoms with Gasteiger partial charge in [0, 0.05) is 11.1 Å². The van der Waals surface area contributed by atoms with Gasteiger partial charge in [-0.1, -0.05) is 48.5 Å². The van der Waals surface area contributed by atoms with Gasteiger partial charge in [0.2, 0.25) is 0 Å². The molecule has 0 saturated carbocycles. The Hall–Kier alpha value is -3.91. The van der Waals surface area contributed by atoms with Crippen LogP contribution in [0.25, 0.3) is 0 Å². The lowest BCUT2D eigenvalue weighted by Gasteiger charge is -2.14. The summed E-state index contributed by atoms with van der Waals surface area (Å²) < 4.78 is 0. The Morgan fingerprint density at radius 3 is 2.21 bits per heavy atom. The van der Waals surface area contributed by atoms with Crippen molar-refractivity contribution >= 4 is 17.5 Å². The first-order valence-corrected chi connectivity index (χ1v) is 8.85. The molecule has 1 unspecified atom stereocenters. The van der Waals surface area contributed by atoms with Crippen LogP contribution in [0.5, 0.6) is 0 Å². The molecule has 0 bridgehead atoms. The van der Waals surface area contributed by atoms with Crippen LogP contribution in [0.3, 0.4) is 0 Å². The van der Waals surface area contributed by atoms with E-state index in [1.165, 1.54) is 6.07 Å². The van der Waals surface area contributed by atoms with Crippen LogP contribution in [-0.2, 0) is 0 Å². The molecule has 0 spiro atoms. The highest BCUT2D eigenvalue weighted by Crippen LogP contribution is 2.16. The smallest absolute Gasteiger partial charge is 0.255 e. The number of nitrogens with one attached hydrogen (secondary N) is 2. The van der Waals surface area contributed by atoms with Crippen LogP contribution in [-0.4, -0.2) is 11.8 Å².